The molecule has 2 amide bonds. The lowest BCUT2D eigenvalue weighted by atomic mass is 10.1. The number of hydrogen-bond acceptors (Lipinski definition) is 3. The van der Waals surface area contributed by atoms with Gasteiger partial charge in [-0.1, -0.05) is 24.3 Å². The van der Waals surface area contributed by atoms with Crippen molar-refractivity contribution in [1.29, 1.82) is 0 Å². The number of carbonyl (C=O) groups excluding carboxylic acids is 2. The van der Waals surface area contributed by atoms with E-state index in [0.717, 1.165) is 22.4 Å². The second kappa shape index (κ2) is 9.33. The van der Waals surface area contributed by atoms with Crippen LogP contribution >= 0.6 is 0 Å². The van der Waals surface area contributed by atoms with Crippen LogP contribution in [0.5, 0.6) is 0 Å². The molecule has 3 aromatic rings. The van der Waals surface area contributed by atoms with Gasteiger partial charge in [-0.05, 0) is 57.5 Å². The van der Waals surface area contributed by atoms with Crippen LogP contribution in [-0.4, -0.2) is 49.8 Å². The molecule has 1 aliphatic heterocycles. The van der Waals surface area contributed by atoms with Gasteiger partial charge in [0.25, 0.3) is 0 Å². The van der Waals surface area contributed by atoms with E-state index in [1.54, 1.807) is 17.0 Å². The van der Waals surface area contributed by atoms with E-state index in [2.05, 4.69) is 0 Å². The van der Waals surface area contributed by atoms with E-state index in [1.807, 2.05) is 61.4 Å². The Morgan fingerprint density at radius 1 is 1.09 bits per heavy atom. The number of imidazole rings is 1. The van der Waals surface area contributed by atoms with E-state index in [9.17, 15) is 14.0 Å². The molecule has 0 radical (unpaired) electrons. The summed E-state index contributed by atoms with van der Waals surface area (Å²) >= 11 is 0. The highest BCUT2D eigenvalue weighted by Crippen LogP contribution is 2.31. The summed E-state index contributed by atoms with van der Waals surface area (Å²) in [4.78, 5) is 34.6. The first kappa shape index (κ1) is 23.0. The number of aromatic nitrogens is 2. The Hall–Kier alpha value is -3.22. The molecule has 2 aromatic carbocycles. The van der Waals surface area contributed by atoms with Crippen molar-refractivity contribution >= 4 is 22.8 Å². The van der Waals surface area contributed by atoms with Crippen LogP contribution in [0.1, 0.15) is 51.4 Å². The average Bonchev–Trinajstić information content (AvgIpc) is 3.30. The van der Waals surface area contributed by atoms with Crippen LogP contribution in [0.25, 0.3) is 11.0 Å². The van der Waals surface area contributed by atoms with Gasteiger partial charge in [-0.25, -0.2) is 9.37 Å². The molecule has 0 bridgehead atoms. The monoisotopic (exact) mass is 450 g/mol. The van der Waals surface area contributed by atoms with Gasteiger partial charge in [0.2, 0.25) is 11.8 Å². The molecule has 0 spiro atoms. The third-order valence-electron chi connectivity index (χ3n) is 6.24. The Bertz CT molecular complexity index is 1140. The van der Waals surface area contributed by atoms with E-state index in [0.29, 0.717) is 19.5 Å². The van der Waals surface area contributed by atoms with E-state index in [-0.39, 0.29) is 42.2 Å². The quantitative estimate of drug-likeness (QED) is 0.538. The number of benzene rings is 2. The fraction of sp³-hybridized carbons (Fsp3) is 0.423. The molecule has 6 nitrogen and oxygen atoms in total. The Labute approximate surface area is 194 Å². The van der Waals surface area contributed by atoms with Crippen molar-refractivity contribution in [2.24, 2.45) is 0 Å². The van der Waals surface area contributed by atoms with Gasteiger partial charge in [0.05, 0.1) is 11.0 Å². The zero-order chi connectivity index (χ0) is 23.7. The maximum Gasteiger partial charge on any atom is 0.243 e. The Balaban J connectivity index is 1.62. The van der Waals surface area contributed by atoms with Crippen molar-refractivity contribution in [3.63, 3.8) is 0 Å². The van der Waals surface area contributed by atoms with Crippen LogP contribution in [0.15, 0.2) is 48.5 Å². The lowest BCUT2D eigenvalue weighted by Crippen LogP contribution is -2.44. The standard InChI is InChI=1S/C26H31FN4O2/c1-17(2)31(18(3)4)25(33)16-30-23-8-6-5-7-22(23)28-26(30)20-13-24(32)29(15-20)14-19-9-11-21(27)12-10-19/h5-12,17-18,20H,13-16H2,1-4H3. The average molecular weight is 451 g/mol. The third-order valence-corrected chi connectivity index (χ3v) is 6.24. The van der Waals surface area contributed by atoms with E-state index in [4.69, 9.17) is 4.98 Å². The number of fused-ring (bicyclic) bond motifs is 1. The number of amides is 2. The van der Waals surface area contributed by atoms with Gasteiger partial charge in [-0.2, -0.15) is 0 Å². The first-order chi connectivity index (χ1) is 15.7. The number of para-hydroxylation sites is 2. The molecule has 1 aromatic heterocycles. The lowest BCUT2D eigenvalue weighted by Gasteiger charge is -2.31. The van der Waals surface area contributed by atoms with Crippen molar-refractivity contribution in [2.45, 2.75) is 65.2 Å². The molecule has 0 saturated carbocycles. The van der Waals surface area contributed by atoms with Gasteiger partial charge in [0.15, 0.2) is 0 Å². The van der Waals surface area contributed by atoms with E-state index < -0.39 is 0 Å². The Kier molecular flexibility index (Phi) is 6.49. The van der Waals surface area contributed by atoms with Gasteiger partial charge in [0.1, 0.15) is 18.2 Å². The molecule has 1 fully saturated rings. The summed E-state index contributed by atoms with van der Waals surface area (Å²) in [6.45, 7) is 9.23. The first-order valence-corrected chi connectivity index (χ1v) is 11.5. The zero-order valence-corrected chi connectivity index (χ0v) is 19.7. The molecular weight excluding hydrogens is 419 g/mol. The molecule has 0 N–H and O–H groups in total. The number of hydrogen-bond donors (Lipinski definition) is 0. The number of rotatable bonds is 7. The van der Waals surface area contributed by atoms with Crippen LogP contribution in [-0.2, 0) is 22.7 Å². The molecule has 1 saturated heterocycles. The minimum Gasteiger partial charge on any atom is -0.338 e. The van der Waals surface area contributed by atoms with Crippen LogP contribution in [0, 0.1) is 5.82 Å². The Morgan fingerprint density at radius 3 is 2.42 bits per heavy atom. The maximum atomic E-state index is 13.3. The molecule has 1 aliphatic rings. The highest BCUT2D eigenvalue weighted by Gasteiger charge is 2.34. The van der Waals surface area contributed by atoms with Gasteiger partial charge in [-0.15, -0.1) is 0 Å². The maximum absolute atomic E-state index is 13.3. The first-order valence-electron chi connectivity index (χ1n) is 11.5. The molecule has 0 aliphatic carbocycles. The Morgan fingerprint density at radius 2 is 1.76 bits per heavy atom. The molecule has 174 valence electrons. The van der Waals surface area contributed by atoms with Crippen LogP contribution in [0.2, 0.25) is 0 Å². The number of carbonyl (C=O) groups is 2. The minimum atomic E-state index is -0.292. The lowest BCUT2D eigenvalue weighted by molar-refractivity contribution is -0.135. The van der Waals surface area contributed by atoms with Crippen LogP contribution in [0.4, 0.5) is 4.39 Å². The summed E-state index contributed by atoms with van der Waals surface area (Å²) in [5.74, 6) is 0.452. The fourth-order valence-electron chi connectivity index (χ4n) is 4.87. The van der Waals surface area contributed by atoms with Crippen LogP contribution < -0.4 is 0 Å². The second-order valence-corrected chi connectivity index (χ2v) is 9.34. The minimum absolute atomic E-state index is 0.0388. The number of nitrogens with zero attached hydrogens (tertiary/aromatic N) is 4. The molecule has 1 atom stereocenters. The van der Waals surface area contributed by atoms with Crippen molar-refractivity contribution in [3.8, 4) is 0 Å². The summed E-state index contributed by atoms with van der Waals surface area (Å²) in [7, 11) is 0. The van der Waals surface area contributed by atoms with Crippen molar-refractivity contribution in [2.75, 3.05) is 6.54 Å². The van der Waals surface area contributed by atoms with Gasteiger partial charge >= 0.3 is 0 Å². The molecule has 7 heteroatoms. The van der Waals surface area contributed by atoms with Gasteiger partial charge in [0, 0.05) is 37.5 Å². The SMILES string of the molecule is CC(C)N(C(=O)Cn1c(C2CC(=O)N(Cc3ccc(F)cc3)C2)nc2ccccc21)C(C)C. The zero-order valence-electron chi connectivity index (χ0n) is 19.7. The van der Waals surface area contributed by atoms with Gasteiger partial charge < -0.3 is 14.4 Å². The molecular formula is C26H31FN4O2. The predicted octanol–water partition coefficient (Wildman–Crippen LogP) is 4.34. The van der Waals surface area contributed by atoms with E-state index in [1.165, 1.54) is 12.1 Å². The molecule has 2 heterocycles. The number of likely N-dealkylation sites (tertiary alicyclic amines) is 1. The van der Waals surface area contributed by atoms with Crippen molar-refractivity contribution < 1.29 is 14.0 Å². The van der Waals surface area contributed by atoms with Gasteiger partial charge in [-0.3, -0.25) is 9.59 Å². The second-order valence-electron chi connectivity index (χ2n) is 9.34. The summed E-state index contributed by atoms with van der Waals surface area (Å²) < 4.78 is 15.2. The molecule has 33 heavy (non-hydrogen) atoms. The summed E-state index contributed by atoms with van der Waals surface area (Å²) in [5.41, 5.74) is 2.61. The third kappa shape index (κ3) is 4.77. The largest absolute Gasteiger partial charge is 0.338 e. The molecule has 1 unspecified atom stereocenters. The number of halogens is 1. The highest BCUT2D eigenvalue weighted by atomic mass is 19.1. The predicted molar refractivity (Wildman–Crippen MR) is 126 cm³/mol. The van der Waals surface area contributed by atoms with Crippen molar-refractivity contribution in [3.05, 3.63) is 65.7 Å². The van der Waals surface area contributed by atoms with Crippen LogP contribution in [0.3, 0.4) is 0 Å². The van der Waals surface area contributed by atoms with E-state index >= 15 is 0 Å². The topological polar surface area (TPSA) is 58.4 Å². The normalized spacial score (nSPS) is 16.4. The summed E-state index contributed by atoms with van der Waals surface area (Å²) in [6.07, 6.45) is 0.344. The molecule has 4 rings (SSSR count). The highest BCUT2D eigenvalue weighted by molar-refractivity contribution is 5.83. The smallest absolute Gasteiger partial charge is 0.243 e. The summed E-state index contributed by atoms with van der Waals surface area (Å²) in [5, 5.41) is 0. The van der Waals surface area contributed by atoms with Crippen molar-refractivity contribution in [1.82, 2.24) is 19.4 Å². The summed E-state index contributed by atoms with van der Waals surface area (Å²) in [6, 6.07) is 14.2. The fourth-order valence-corrected chi connectivity index (χ4v) is 4.87.